The summed E-state index contributed by atoms with van der Waals surface area (Å²) < 4.78 is 13.0. The molecule has 3 N–H and O–H groups in total. The lowest BCUT2D eigenvalue weighted by Gasteiger charge is -2.10. The lowest BCUT2D eigenvalue weighted by atomic mass is 10.3. The molecular formula is C11H8Cl2FN3. The van der Waals surface area contributed by atoms with Gasteiger partial charge in [0.25, 0.3) is 0 Å². The molecule has 0 amide bonds. The van der Waals surface area contributed by atoms with Crippen LogP contribution in [-0.4, -0.2) is 4.98 Å². The maximum Gasteiger partial charge on any atom is 0.126 e. The van der Waals surface area contributed by atoms with Gasteiger partial charge in [0.1, 0.15) is 11.6 Å². The first kappa shape index (κ1) is 12.0. The van der Waals surface area contributed by atoms with Gasteiger partial charge in [-0.1, -0.05) is 23.2 Å². The van der Waals surface area contributed by atoms with Crippen molar-refractivity contribution < 1.29 is 4.39 Å². The maximum absolute atomic E-state index is 13.0. The summed E-state index contributed by atoms with van der Waals surface area (Å²) in [5, 5.41) is 3.36. The predicted molar refractivity (Wildman–Crippen MR) is 68.4 cm³/mol. The second kappa shape index (κ2) is 4.77. The van der Waals surface area contributed by atoms with Crippen molar-refractivity contribution in [2.75, 3.05) is 11.1 Å². The van der Waals surface area contributed by atoms with Gasteiger partial charge in [-0.05, 0) is 18.2 Å². The summed E-state index contributed by atoms with van der Waals surface area (Å²) in [7, 11) is 0. The minimum absolute atomic E-state index is 0.199. The van der Waals surface area contributed by atoms with Crippen LogP contribution in [0.1, 0.15) is 0 Å². The van der Waals surface area contributed by atoms with Crippen LogP contribution in [-0.2, 0) is 0 Å². The van der Waals surface area contributed by atoms with Crippen LogP contribution in [0.15, 0.2) is 30.5 Å². The zero-order chi connectivity index (χ0) is 12.4. The molecule has 0 saturated carbocycles. The van der Waals surface area contributed by atoms with Crippen molar-refractivity contribution in [1.29, 1.82) is 0 Å². The lowest BCUT2D eigenvalue weighted by molar-refractivity contribution is 0.628. The number of aromatic nitrogens is 1. The summed E-state index contributed by atoms with van der Waals surface area (Å²) in [6.07, 6.45) is 1.54. The molecule has 0 aliphatic heterocycles. The standard InChI is InChI=1S/C11H8Cl2FN3/c12-8-3-6(14)4-9(13)11(8)17-7-1-2-16-10(15)5-7/h1-5H,(H3,15,16,17). The normalized spacial score (nSPS) is 10.3. The molecule has 1 heterocycles. The number of halogens is 3. The maximum atomic E-state index is 13.0. The first-order valence-electron chi connectivity index (χ1n) is 4.69. The first-order valence-corrected chi connectivity index (χ1v) is 5.45. The number of nitrogen functional groups attached to an aromatic ring is 1. The highest BCUT2D eigenvalue weighted by molar-refractivity contribution is 6.39. The van der Waals surface area contributed by atoms with E-state index in [-0.39, 0.29) is 10.0 Å². The number of rotatable bonds is 2. The van der Waals surface area contributed by atoms with Gasteiger partial charge in [-0.15, -0.1) is 0 Å². The van der Waals surface area contributed by atoms with Crippen molar-refractivity contribution in [1.82, 2.24) is 4.98 Å². The molecule has 0 fully saturated rings. The summed E-state index contributed by atoms with van der Waals surface area (Å²) in [5.41, 5.74) is 6.64. The summed E-state index contributed by atoms with van der Waals surface area (Å²) in [4.78, 5) is 3.85. The van der Waals surface area contributed by atoms with E-state index < -0.39 is 5.82 Å². The Morgan fingerprint density at radius 1 is 1.18 bits per heavy atom. The van der Waals surface area contributed by atoms with Gasteiger partial charge < -0.3 is 11.1 Å². The van der Waals surface area contributed by atoms with Crippen molar-refractivity contribution >= 4 is 40.4 Å². The average Bonchev–Trinajstić information content (AvgIpc) is 2.23. The number of nitrogens with two attached hydrogens (primary N) is 1. The molecule has 17 heavy (non-hydrogen) atoms. The SMILES string of the molecule is Nc1cc(Nc2c(Cl)cc(F)cc2Cl)ccn1. The van der Waals surface area contributed by atoms with Gasteiger partial charge in [-0.3, -0.25) is 0 Å². The molecule has 0 saturated heterocycles. The van der Waals surface area contributed by atoms with E-state index in [1.807, 2.05) is 0 Å². The number of benzene rings is 1. The Balaban J connectivity index is 2.36. The number of hydrogen-bond acceptors (Lipinski definition) is 3. The van der Waals surface area contributed by atoms with Crippen LogP contribution in [0.4, 0.5) is 21.6 Å². The number of nitrogens with zero attached hydrogens (tertiary/aromatic N) is 1. The van der Waals surface area contributed by atoms with Crippen LogP contribution >= 0.6 is 23.2 Å². The molecule has 0 bridgehead atoms. The van der Waals surface area contributed by atoms with Crippen LogP contribution in [0.25, 0.3) is 0 Å². The molecule has 0 radical (unpaired) electrons. The first-order chi connectivity index (χ1) is 8.06. The largest absolute Gasteiger partial charge is 0.384 e. The van der Waals surface area contributed by atoms with E-state index in [0.29, 0.717) is 17.2 Å². The third-order valence-electron chi connectivity index (χ3n) is 2.06. The van der Waals surface area contributed by atoms with Gasteiger partial charge in [-0.25, -0.2) is 9.37 Å². The van der Waals surface area contributed by atoms with Crippen LogP contribution in [0.2, 0.25) is 10.0 Å². The van der Waals surface area contributed by atoms with Crippen LogP contribution in [0.3, 0.4) is 0 Å². The topological polar surface area (TPSA) is 50.9 Å². The van der Waals surface area contributed by atoms with Gasteiger partial charge in [0.15, 0.2) is 0 Å². The molecule has 6 heteroatoms. The fourth-order valence-corrected chi connectivity index (χ4v) is 1.89. The Hall–Kier alpha value is -1.52. The summed E-state index contributed by atoms with van der Waals surface area (Å²) in [6.45, 7) is 0. The molecule has 2 aromatic rings. The molecule has 1 aromatic heterocycles. The molecule has 0 aliphatic rings. The van der Waals surface area contributed by atoms with E-state index in [1.165, 1.54) is 12.1 Å². The Morgan fingerprint density at radius 3 is 2.41 bits per heavy atom. The molecule has 3 nitrogen and oxygen atoms in total. The third-order valence-corrected chi connectivity index (χ3v) is 2.65. The van der Waals surface area contributed by atoms with E-state index in [0.717, 1.165) is 0 Å². The Bertz CT molecular complexity index is 537. The van der Waals surface area contributed by atoms with Gasteiger partial charge in [-0.2, -0.15) is 0 Å². The molecule has 0 aliphatic carbocycles. The second-order valence-corrected chi connectivity index (χ2v) is 4.15. The summed E-state index contributed by atoms with van der Waals surface area (Å²) in [6, 6.07) is 5.68. The summed E-state index contributed by atoms with van der Waals surface area (Å²) >= 11 is 11.8. The van der Waals surface area contributed by atoms with Crippen LogP contribution < -0.4 is 11.1 Å². The fourth-order valence-electron chi connectivity index (χ4n) is 1.33. The fraction of sp³-hybridized carbons (Fsp3) is 0. The molecular weight excluding hydrogens is 264 g/mol. The van der Waals surface area contributed by atoms with E-state index in [1.54, 1.807) is 18.3 Å². The minimum atomic E-state index is -0.486. The average molecular weight is 272 g/mol. The van der Waals surface area contributed by atoms with E-state index in [9.17, 15) is 4.39 Å². The van der Waals surface area contributed by atoms with Crippen LogP contribution in [0, 0.1) is 5.82 Å². The molecule has 1 aromatic carbocycles. The van der Waals surface area contributed by atoms with Gasteiger partial charge in [0.2, 0.25) is 0 Å². The van der Waals surface area contributed by atoms with Crippen molar-refractivity contribution in [3.8, 4) is 0 Å². The zero-order valence-electron chi connectivity index (χ0n) is 8.55. The van der Waals surface area contributed by atoms with Gasteiger partial charge in [0, 0.05) is 18.0 Å². The third kappa shape index (κ3) is 2.78. The minimum Gasteiger partial charge on any atom is -0.384 e. The second-order valence-electron chi connectivity index (χ2n) is 3.34. The van der Waals surface area contributed by atoms with Crippen molar-refractivity contribution in [3.05, 3.63) is 46.3 Å². The van der Waals surface area contributed by atoms with Crippen molar-refractivity contribution in [3.63, 3.8) is 0 Å². The number of anilines is 3. The quantitative estimate of drug-likeness (QED) is 0.872. The smallest absolute Gasteiger partial charge is 0.126 e. The molecule has 2 rings (SSSR count). The number of nitrogens with one attached hydrogen (secondary N) is 1. The lowest BCUT2D eigenvalue weighted by Crippen LogP contribution is -1.96. The molecule has 88 valence electrons. The van der Waals surface area contributed by atoms with Crippen molar-refractivity contribution in [2.24, 2.45) is 0 Å². The molecule has 0 spiro atoms. The highest BCUT2D eigenvalue weighted by Gasteiger charge is 2.08. The van der Waals surface area contributed by atoms with Gasteiger partial charge in [0.05, 0.1) is 15.7 Å². The monoisotopic (exact) mass is 271 g/mol. The van der Waals surface area contributed by atoms with Gasteiger partial charge >= 0.3 is 0 Å². The Morgan fingerprint density at radius 2 is 1.82 bits per heavy atom. The number of hydrogen-bond donors (Lipinski definition) is 2. The predicted octanol–water partition coefficient (Wildman–Crippen LogP) is 3.85. The zero-order valence-corrected chi connectivity index (χ0v) is 10.1. The van der Waals surface area contributed by atoms with E-state index >= 15 is 0 Å². The molecule has 0 atom stereocenters. The number of pyridine rings is 1. The highest BCUT2D eigenvalue weighted by Crippen LogP contribution is 2.33. The highest BCUT2D eigenvalue weighted by atomic mass is 35.5. The summed E-state index contributed by atoms with van der Waals surface area (Å²) in [5.74, 6) is -0.121. The van der Waals surface area contributed by atoms with Crippen molar-refractivity contribution in [2.45, 2.75) is 0 Å². The van der Waals surface area contributed by atoms with E-state index in [4.69, 9.17) is 28.9 Å². The Kier molecular flexibility index (Phi) is 3.36. The molecule has 0 unspecified atom stereocenters. The van der Waals surface area contributed by atoms with E-state index in [2.05, 4.69) is 10.3 Å². The van der Waals surface area contributed by atoms with Crippen LogP contribution in [0.5, 0.6) is 0 Å². The Labute approximate surface area is 107 Å².